The zero-order valence-electron chi connectivity index (χ0n) is 46.3. The van der Waals surface area contributed by atoms with Crippen LogP contribution in [0.4, 0.5) is 0 Å². The van der Waals surface area contributed by atoms with Crippen LogP contribution in [0.2, 0.25) is 0 Å². The lowest BCUT2D eigenvalue weighted by atomic mass is 9.81. The van der Waals surface area contributed by atoms with Crippen molar-refractivity contribution in [3.63, 3.8) is 0 Å². The molecule has 1 aliphatic heterocycles. The van der Waals surface area contributed by atoms with Crippen LogP contribution in [-0.2, 0) is 57.0 Å². The minimum absolute atomic E-state index is 0.0361. The molecule has 3 unspecified atom stereocenters. The molecule has 1 fully saturated rings. The number of hydrogen-bond acceptors (Lipinski definition) is 13. The number of aldehydes is 1. The highest BCUT2D eigenvalue weighted by Crippen LogP contribution is 2.29. The molecule has 1 rings (SSSR count). The maximum absolute atomic E-state index is 12.5. The molecule has 0 bridgehead atoms. The molecule has 1 heterocycles. The van der Waals surface area contributed by atoms with Crippen LogP contribution in [0.15, 0.2) is 0 Å². The fraction of sp³-hybridized carbons (Fsp3) is 0.947. The van der Waals surface area contributed by atoms with Crippen molar-refractivity contribution in [2.45, 2.75) is 246 Å². The van der Waals surface area contributed by atoms with Gasteiger partial charge >= 0.3 is 11.9 Å². The second kappa shape index (κ2) is 53.6. The van der Waals surface area contributed by atoms with E-state index < -0.39 is 5.41 Å². The Bertz CT molecular complexity index is 1110. The molecule has 1 N–H and O–H groups in total. The van der Waals surface area contributed by atoms with Crippen molar-refractivity contribution in [1.82, 2.24) is 5.32 Å². The van der Waals surface area contributed by atoms with Gasteiger partial charge < -0.3 is 52.7 Å². The molecule has 3 atom stereocenters. The van der Waals surface area contributed by atoms with Gasteiger partial charge in [-0.1, -0.05) is 137 Å². The summed E-state index contributed by atoms with van der Waals surface area (Å²) in [5.41, 5.74) is -0.393. The van der Waals surface area contributed by atoms with E-state index in [0.717, 1.165) is 129 Å². The third-order valence-electron chi connectivity index (χ3n) is 13.0. The summed E-state index contributed by atoms with van der Waals surface area (Å²) in [7, 11) is 1.85. The second-order valence-electron chi connectivity index (χ2n) is 19.6. The van der Waals surface area contributed by atoms with Crippen LogP contribution in [0, 0.1) is 5.41 Å². The molecule has 13 nitrogen and oxygen atoms in total. The van der Waals surface area contributed by atoms with E-state index in [9.17, 15) is 14.4 Å². The lowest BCUT2D eigenvalue weighted by Gasteiger charge is -2.31. The predicted octanol–water partition coefficient (Wildman–Crippen LogP) is 12.5. The number of rotatable bonds is 52. The van der Waals surface area contributed by atoms with Crippen LogP contribution in [0.1, 0.15) is 227 Å². The maximum atomic E-state index is 12.5. The van der Waals surface area contributed by atoms with Crippen LogP contribution >= 0.6 is 0 Å². The van der Waals surface area contributed by atoms with Gasteiger partial charge in [0.15, 0.2) is 0 Å². The number of carbonyl (C=O) groups is 3. The third kappa shape index (κ3) is 44.9. The fourth-order valence-corrected chi connectivity index (χ4v) is 8.25. The summed E-state index contributed by atoms with van der Waals surface area (Å²) in [6.07, 6.45) is 34.0. The van der Waals surface area contributed by atoms with Crippen molar-refractivity contribution >= 4 is 18.2 Å². The van der Waals surface area contributed by atoms with Gasteiger partial charge in [-0.2, -0.15) is 0 Å². The van der Waals surface area contributed by atoms with Gasteiger partial charge in [-0.3, -0.25) is 9.59 Å². The van der Waals surface area contributed by atoms with E-state index in [4.69, 9.17) is 42.6 Å². The fourth-order valence-electron chi connectivity index (χ4n) is 8.25. The highest BCUT2D eigenvalue weighted by Gasteiger charge is 2.36. The first kappa shape index (κ1) is 68.3. The van der Waals surface area contributed by atoms with Gasteiger partial charge in [-0.15, -0.1) is 0 Å². The van der Waals surface area contributed by atoms with Gasteiger partial charge in [0.25, 0.3) is 0 Å². The Balaban J connectivity index is 0.00000317. The van der Waals surface area contributed by atoms with Gasteiger partial charge in [0.05, 0.1) is 71.0 Å². The van der Waals surface area contributed by atoms with Crippen molar-refractivity contribution in [3.8, 4) is 0 Å². The molecule has 416 valence electrons. The van der Waals surface area contributed by atoms with Gasteiger partial charge in [-0.05, 0) is 90.6 Å². The Kier molecular flexibility index (Phi) is 52.3. The number of piperidine rings is 1. The number of ether oxygens (including phenoxy) is 9. The van der Waals surface area contributed by atoms with E-state index in [1.54, 1.807) is 0 Å². The molecule has 0 aromatic rings. The number of esters is 2. The highest BCUT2D eigenvalue weighted by atomic mass is 16.6. The first-order valence-electron chi connectivity index (χ1n) is 28.8. The normalized spacial score (nSPS) is 14.7. The molecule has 0 aromatic carbocycles. The molecule has 13 heteroatoms. The zero-order chi connectivity index (χ0) is 51.3. The summed E-state index contributed by atoms with van der Waals surface area (Å²) in [6.45, 7) is 18.2. The van der Waals surface area contributed by atoms with E-state index in [1.807, 2.05) is 14.0 Å². The first-order valence-corrected chi connectivity index (χ1v) is 28.8. The first-order chi connectivity index (χ1) is 34.3. The highest BCUT2D eigenvalue weighted by molar-refractivity contribution is 5.76. The Morgan fingerprint density at radius 3 is 1.53 bits per heavy atom. The lowest BCUT2D eigenvalue weighted by molar-refractivity contribution is -0.158. The average molecular weight is 1000 g/mol. The van der Waals surface area contributed by atoms with Crippen molar-refractivity contribution in [2.75, 3.05) is 99.5 Å². The van der Waals surface area contributed by atoms with E-state index in [-0.39, 0.29) is 30.8 Å². The molecule has 0 amide bonds. The standard InChI is InChI=1S/C45H85NO11.C12H26O/c1-4-6-8-16-22-41(21-7-5-2)57-43(48)23-17-12-11-15-20-30-55-42(39-53-29-19-14-10-9-13-18-28-47)40-54-36-35-51-32-31-50-33-34-52-37-38-56-44(49)45(3)24-26-46-27-25-45;1-4-6-8-9-11-12(13-3)10-7-5-2/h28,41-42,46H,4-27,29-40H2,1-3H3;12H,4-11H2,1-3H3. The van der Waals surface area contributed by atoms with Gasteiger partial charge in [0.1, 0.15) is 25.1 Å². The SMILES string of the molecule is CCCCCCC(CCCC)OC.CCCCCCC(CCCC)OC(=O)CCCCCCCOC(COCCCCCCCC=O)COCCOCCOCCOCCOC(=O)C1(C)CCNCC1. The quantitative estimate of drug-likeness (QED) is 0.0351. The van der Waals surface area contributed by atoms with E-state index in [0.29, 0.717) is 91.6 Å². The summed E-state index contributed by atoms with van der Waals surface area (Å²) in [6, 6.07) is 0. The molecule has 0 aliphatic carbocycles. The number of methoxy groups -OCH3 is 1. The Labute approximate surface area is 429 Å². The van der Waals surface area contributed by atoms with Gasteiger partial charge in [0.2, 0.25) is 0 Å². The molecule has 0 radical (unpaired) electrons. The van der Waals surface area contributed by atoms with Gasteiger partial charge in [0, 0.05) is 33.2 Å². The predicted molar refractivity (Wildman–Crippen MR) is 284 cm³/mol. The summed E-state index contributed by atoms with van der Waals surface area (Å²) < 4.78 is 51.5. The van der Waals surface area contributed by atoms with Crippen LogP contribution in [0.5, 0.6) is 0 Å². The summed E-state index contributed by atoms with van der Waals surface area (Å²) in [4.78, 5) is 35.3. The largest absolute Gasteiger partial charge is 0.463 e. The number of nitrogens with one attached hydrogen (secondary N) is 1. The lowest BCUT2D eigenvalue weighted by Crippen LogP contribution is -2.41. The van der Waals surface area contributed by atoms with Crippen LogP contribution in [-0.4, -0.2) is 136 Å². The Morgan fingerprint density at radius 1 is 0.500 bits per heavy atom. The van der Waals surface area contributed by atoms with Crippen LogP contribution < -0.4 is 5.32 Å². The number of unbranched alkanes of at least 4 members (excludes halogenated alkanes) is 17. The topological polar surface area (TPSA) is 146 Å². The molecular weight excluding hydrogens is 891 g/mol. The molecule has 1 aliphatic rings. The minimum Gasteiger partial charge on any atom is -0.463 e. The van der Waals surface area contributed by atoms with E-state index in [2.05, 4.69) is 33.0 Å². The van der Waals surface area contributed by atoms with Crippen molar-refractivity contribution in [3.05, 3.63) is 0 Å². The minimum atomic E-state index is -0.393. The monoisotopic (exact) mass is 1000 g/mol. The Hall–Kier alpha value is -1.71. The molecule has 0 saturated carbocycles. The number of carbonyl (C=O) groups excluding carboxylic acids is 3. The summed E-state index contributed by atoms with van der Waals surface area (Å²) in [5, 5.41) is 3.27. The zero-order valence-corrected chi connectivity index (χ0v) is 46.3. The average Bonchev–Trinajstić information content (AvgIpc) is 3.36. The van der Waals surface area contributed by atoms with E-state index in [1.165, 1.54) is 70.6 Å². The molecule has 70 heavy (non-hydrogen) atoms. The number of hydrogen-bond donors (Lipinski definition) is 1. The van der Waals surface area contributed by atoms with Crippen molar-refractivity contribution in [2.24, 2.45) is 5.41 Å². The molecule has 0 aromatic heterocycles. The molecular formula is C57H111NO12. The van der Waals surface area contributed by atoms with Crippen LogP contribution in [0.25, 0.3) is 0 Å². The maximum Gasteiger partial charge on any atom is 0.311 e. The smallest absolute Gasteiger partial charge is 0.311 e. The second-order valence-corrected chi connectivity index (χ2v) is 19.6. The van der Waals surface area contributed by atoms with E-state index >= 15 is 0 Å². The van der Waals surface area contributed by atoms with Crippen molar-refractivity contribution in [1.29, 1.82) is 0 Å². The molecule has 1 saturated heterocycles. The molecule has 0 spiro atoms. The summed E-state index contributed by atoms with van der Waals surface area (Å²) in [5.74, 6) is -0.174. The van der Waals surface area contributed by atoms with Gasteiger partial charge in [-0.25, -0.2) is 0 Å². The van der Waals surface area contributed by atoms with Crippen molar-refractivity contribution < 1.29 is 57.0 Å². The summed E-state index contributed by atoms with van der Waals surface area (Å²) >= 11 is 0. The Morgan fingerprint density at radius 2 is 0.957 bits per heavy atom. The van der Waals surface area contributed by atoms with Crippen LogP contribution in [0.3, 0.4) is 0 Å². The third-order valence-corrected chi connectivity index (χ3v) is 13.0.